The highest BCUT2D eigenvalue weighted by atomic mass is 16.3. The van der Waals surface area contributed by atoms with Gasteiger partial charge >= 0.3 is 0 Å². The number of aliphatic hydroxyl groups excluding tert-OH is 1. The van der Waals surface area contributed by atoms with Crippen molar-refractivity contribution in [3.05, 3.63) is 11.6 Å². The Balaban J connectivity index is 2.40. The average Bonchev–Trinajstić information content (AvgIpc) is 2.33. The van der Waals surface area contributed by atoms with E-state index >= 15 is 0 Å². The Bertz CT molecular complexity index is 270. The molecule has 1 saturated carbocycles. The second-order valence-electron chi connectivity index (χ2n) is 5.32. The molecule has 3 heteroatoms. The molecule has 0 aromatic carbocycles. The summed E-state index contributed by atoms with van der Waals surface area (Å²) < 4.78 is 0. The maximum absolute atomic E-state index is 11.9. The van der Waals surface area contributed by atoms with E-state index in [9.17, 15) is 9.90 Å². The summed E-state index contributed by atoms with van der Waals surface area (Å²) in [7, 11) is 0. The maximum Gasteiger partial charge on any atom is 0.244 e. The Morgan fingerprint density at radius 3 is 2.22 bits per heavy atom. The lowest BCUT2D eigenvalue weighted by atomic mass is 9.93. The molecule has 1 rings (SSSR count). The number of allylic oxidation sites excluding steroid dienone is 1. The molecule has 18 heavy (non-hydrogen) atoms. The van der Waals surface area contributed by atoms with Crippen molar-refractivity contribution in [2.75, 3.05) is 0 Å². The third-order valence-corrected chi connectivity index (χ3v) is 3.52. The van der Waals surface area contributed by atoms with Gasteiger partial charge in [0.2, 0.25) is 5.91 Å². The summed E-state index contributed by atoms with van der Waals surface area (Å²) in [6.45, 7) is 4.29. The van der Waals surface area contributed by atoms with E-state index in [-0.39, 0.29) is 18.1 Å². The molecule has 1 aliphatic carbocycles. The van der Waals surface area contributed by atoms with Crippen LogP contribution in [0.15, 0.2) is 11.6 Å². The highest BCUT2D eigenvalue weighted by Crippen LogP contribution is 2.18. The van der Waals surface area contributed by atoms with Crippen molar-refractivity contribution in [3.8, 4) is 0 Å². The molecule has 3 nitrogen and oxygen atoms in total. The number of aliphatic hydroxyl groups is 1. The van der Waals surface area contributed by atoms with Crippen LogP contribution in [0.2, 0.25) is 0 Å². The molecule has 0 bridgehead atoms. The Morgan fingerprint density at radius 1 is 1.17 bits per heavy atom. The van der Waals surface area contributed by atoms with Gasteiger partial charge < -0.3 is 10.4 Å². The van der Waals surface area contributed by atoms with Crippen molar-refractivity contribution in [1.82, 2.24) is 5.32 Å². The number of nitrogens with one attached hydrogen (secondary N) is 1. The van der Waals surface area contributed by atoms with Crippen LogP contribution in [0.1, 0.15) is 65.2 Å². The summed E-state index contributed by atoms with van der Waals surface area (Å²) in [5, 5.41) is 12.5. The lowest BCUT2D eigenvalue weighted by molar-refractivity contribution is -0.117. The van der Waals surface area contributed by atoms with E-state index in [1.54, 1.807) is 6.08 Å². The first-order valence-electron chi connectivity index (χ1n) is 7.33. The molecular formula is C15H27NO2. The highest BCUT2D eigenvalue weighted by Gasteiger charge is 2.20. The van der Waals surface area contributed by atoms with Crippen LogP contribution in [0.25, 0.3) is 0 Å². The number of hydrogen-bond donors (Lipinski definition) is 2. The number of amides is 1. The van der Waals surface area contributed by atoms with Crippen LogP contribution < -0.4 is 5.32 Å². The zero-order valence-electron chi connectivity index (χ0n) is 11.7. The Morgan fingerprint density at radius 2 is 1.72 bits per heavy atom. The van der Waals surface area contributed by atoms with Crippen molar-refractivity contribution < 1.29 is 9.90 Å². The number of rotatable bonds is 6. The normalized spacial score (nSPS) is 23.5. The molecule has 0 aromatic heterocycles. The van der Waals surface area contributed by atoms with Gasteiger partial charge in [-0.3, -0.25) is 4.79 Å². The zero-order valence-corrected chi connectivity index (χ0v) is 11.7. The summed E-state index contributed by atoms with van der Waals surface area (Å²) in [4.78, 5) is 11.9. The average molecular weight is 253 g/mol. The minimum atomic E-state index is -0.163. The van der Waals surface area contributed by atoms with Gasteiger partial charge in [-0.05, 0) is 38.5 Å². The van der Waals surface area contributed by atoms with Crippen molar-refractivity contribution in [3.63, 3.8) is 0 Å². The van der Waals surface area contributed by atoms with E-state index in [4.69, 9.17) is 0 Å². The fraction of sp³-hybridized carbons (Fsp3) is 0.800. The predicted octanol–water partition coefficient (Wildman–Crippen LogP) is 2.93. The monoisotopic (exact) mass is 253 g/mol. The van der Waals surface area contributed by atoms with Gasteiger partial charge in [-0.1, -0.05) is 32.3 Å². The minimum absolute atomic E-state index is 0.0493. The van der Waals surface area contributed by atoms with Crippen molar-refractivity contribution >= 4 is 5.91 Å². The standard InChI is InChI=1S/C15H27NO2/c1-3-5-12(6-4-2)11-15(18)16-13-7-9-14(17)10-8-13/h11,13-14,17H,3-10H2,1-2H3,(H,16,18). The maximum atomic E-state index is 11.9. The molecule has 0 heterocycles. The molecule has 0 atom stereocenters. The second kappa shape index (κ2) is 8.30. The second-order valence-corrected chi connectivity index (χ2v) is 5.32. The molecule has 0 aromatic rings. The quantitative estimate of drug-likeness (QED) is 0.715. The first-order valence-corrected chi connectivity index (χ1v) is 7.33. The zero-order chi connectivity index (χ0) is 13.4. The van der Waals surface area contributed by atoms with Crippen LogP contribution in [-0.4, -0.2) is 23.2 Å². The summed E-state index contributed by atoms with van der Waals surface area (Å²) in [5.41, 5.74) is 1.26. The van der Waals surface area contributed by atoms with Gasteiger partial charge in [0.15, 0.2) is 0 Å². The van der Waals surface area contributed by atoms with Crippen LogP contribution >= 0.6 is 0 Å². The van der Waals surface area contributed by atoms with Gasteiger partial charge in [0, 0.05) is 12.1 Å². The molecular weight excluding hydrogens is 226 g/mol. The molecule has 104 valence electrons. The fourth-order valence-electron chi connectivity index (χ4n) is 2.56. The minimum Gasteiger partial charge on any atom is -0.393 e. The topological polar surface area (TPSA) is 49.3 Å². The van der Waals surface area contributed by atoms with Gasteiger partial charge in [0.1, 0.15) is 0 Å². The third-order valence-electron chi connectivity index (χ3n) is 3.52. The van der Waals surface area contributed by atoms with Crippen molar-refractivity contribution in [1.29, 1.82) is 0 Å². The smallest absolute Gasteiger partial charge is 0.244 e. The lowest BCUT2D eigenvalue weighted by Gasteiger charge is -2.25. The summed E-state index contributed by atoms with van der Waals surface area (Å²) in [6.07, 6.45) is 9.27. The van der Waals surface area contributed by atoms with Gasteiger partial charge in [-0.2, -0.15) is 0 Å². The molecule has 1 aliphatic rings. The van der Waals surface area contributed by atoms with E-state index in [1.165, 1.54) is 5.57 Å². The molecule has 0 aliphatic heterocycles. The van der Waals surface area contributed by atoms with E-state index in [2.05, 4.69) is 19.2 Å². The van der Waals surface area contributed by atoms with Crippen LogP contribution in [0, 0.1) is 0 Å². The molecule has 0 radical (unpaired) electrons. The molecule has 0 saturated heterocycles. The van der Waals surface area contributed by atoms with E-state index in [0.29, 0.717) is 0 Å². The third kappa shape index (κ3) is 5.67. The largest absolute Gasteiger partial charge is 0.393 e. The van der Waals surface area contributed by atoms with Crippen LogP contribution in [0.3, 0.4) is 0 Å². The Kier molecular flexibility index (Phi) is 7.02. The van der Waals surface area contributed by atoms with Crippen LogP contribution in [0.4, 0.5) is 0 Å². The summed E-state index contributed by atoms with van der Waals surface area (Å²) in [5.74, 6) is 0.0493. The number of hydrogen-bond acceptors (Lipinski definition) is 2. The Labute approximate surface area is 111 Å². The first kappa shape index (κ1) is 15.2. The van der Waals surface area contributed by atoms with Crippen LogP contribution in [0.5, 0.6) is 0 Å². The highest BCUT2D eigenvalue weighted by molar-refractivity contribution is 5.88. The number of carbonyl (C=O) groups excluding carboxylic acids is 1. The fourth-order valence-corrected chi connectivity index (χ4v) is 2.56. The van der Waals surface area contributed by atoms with Crippen molar-refractivity contribution in [2.24, 2.45) is 0 Å². The van der Waals surface area contributed by atoms with Gasteiger partial charge in [0.25, 0.3) is 0 Å². The number of carbonyl (C=O) groups is 1. The molecule has 1 fully saturated rings. The van der Waals surface area contributed by atoms with Crippen LogP contribution in [-0.2, 0) is 4.79 Å². The van der Waals surface area contributed by atoms with Crippen molar-refractivity contribution in [2.45, 2.75) is 77.4 Å². The van der Waals surface area contributed by atoms with Gasteiger partial charge in [-0.15, -0.1) is 0 Å². The predicted molar refractivity (Wildman–Crippen MR) is 74.3 cm³/mol. The van der Waals surface area contributed by atoms with E-state index in [0.717, 1.165) is 51.4 Å². The molecule has 0 unspecified atom stereocenters. The van der Waals surface area contributed by atoms with E-state index < -0.39 is 0 Å². The molecule has 2 N–H and O–H groups in total. The summed E-state index contributed by atoms with van der Waals surface area (Å²) >= 11 is 0. The molecule has 1 amide bonds. The van der Waals surface area contributed by atoms with Gasteiger partial charge in [-0.25, -0.2) is 0 Å². The Hall–Kier alpha value is -0.830. The lowest BCUT2D eigenvalue weighted by Crippen LogP contribution is -2.37. The SMILES string of the molecule is CCCC(=CC(=O)NC1CCC(O)CC1)CCC. The first-order chi connectivity index (χ1) is 8.65. The van der Waals surface area contributed by atoms with Gasteiger partial charge in [0.05, 0.1) is 6.10 Å². The van der Waals surface area contributed by atoms with E-state index in [1.807, 2.05) is 0 Å². The summed E-state index contributed by atoms with van der Waals surface area (Å²) in [6, 6.07) is 0.252. The molecule has 0 spiro atoms.